The fraction of sp³-hybridized carbons (Fsp3) is 0.600. The molecule has 5 N–H and O–H groups in total. The first-order chi connectivity index (χ1) is 15.0. The van der Waals surface area contributed by atoms with Crippen molar-refractivity contribution in [3.8, 4) is 11.8 Å². The molecule has 1 aromatic rings. The van der Waals surface area contributed by atoms with Crippen LogP contribution in [-0.4, -0.2) is 55.6 Å². The Morgan fingerprint density at radius 1 is 1.23 bits per heavy atom. The molecule has 0 spiro atoms. The molecule has 3 aliphatic rings. The van der Waals surface area contributed by atoms with Crippen LogP contribution in [0.2, 0.25) is 0 Å². The number of rotatable bonds is 6. The number of piperidine rings is 1. The number of amides is 1. The molecule has 31 heavy (non-hydrogen) atoms. The Labute approximate surface area is 179 Å². The van der Waals surface area contributed by atoms with Gasteiger partial charge >= 0.3 is 6.61 Å². The van der Waals surface area contributed by atoms with E-state index < -0.39 is 6.61 Å². The van der Waals surface area contributed by atoms with Crippen LogP contribution in [0.1, 0.15) is 19.3 Å². The Balaban J connectivity index is 1.45. The van der Waals surface area contributed by atoms with Crippen LogP contribution in [-0.2, 0) is 4.79 Å². The standard InChI is InChI=1S/C20H27F2N7O2/c21-19(22)31-14-3-1-13(2-4-14)25-17-16-15(11-24-28-18(16)30)26-20(27-17)29-9-6-12(5-8-23)7-10-29/h1-4,12,15-17,19-20,24-27H,5-7,9-11H2,(H,28,30). The molecule has 0 saturated carbocycles. The third kappa shape index (κ3) is 5.22. The number of carbonyl (C=O) groups is 1. The maximum atomic E-state index is 12.6. The highest BCUT2D eigenvalue weighted by atomic mass is 19.3. The van der Waals surface area contributed by atoms with Crippen LogP contribution in [0.5, 0.6) is 5.75 Å². The third-order valence-electron chi connectivity index (χ3n) is 6.13. The number of nitrogens with one attached hydrogen (secondary N) is 5. The summed E-state index contributed by atoms with van der Waals surface area (Å²) in [6.07, 6.45) is 2.02. The summed E-state index contributed by atoms with van der Waals surface area (Å²) in [5.74, 6) is 0.0141. The highest BCUT2D eigenvalue weighted by Crippen LogP contribution is 2.26. The largest absolute Gasteiger partial charge is 0.435 e. The number of fused-ring (bicyclic) bond motifs is 1. The molecule has 4 unspecified atom stereocenters. The van der Waals surface area contributed by atoms with Crippen LogP contribution in [0.25, 0.3) is 0 Å². The predicted octanol–water partition coefficient (Wildman–Crippen LogP) is 0.747. The normalized spacial score (nSPS) is 29.7. The van der Waals surface area contributed by atoms with Gasteiger partial charge in [-0.15, -0.1) is 0 Å². The average molecular weight is 435 g/mol. The summed E-state index contributed by atoms with van der Waals surface area (Å²) in [4.78, 5) is 14.9. The Morgan fingerprint density at radius 2 is 1.97 bits per heavy atom. The number of hydrazine groups is 1. The molecule has 1 aromatic carbocycles. The van der Waals surface area contributed by atoms with Gasteiger partial charge in [-0.25, -0.2) is 5.43 Å². The summed E-state index contributed by atoms with van der Waals surface area (Å²) in [6, 6.07) is 8.40. The van der Waals surface area contributed by atoms with Gasteiger partial charge in [0.1, 0.15) is 12.0 Å². The topological polar surface area (TPSA) is 113 Å². The van der Waals surface area contributed by atoms with Crippen LogP contribution < -0.4 is 31.5 Å². The summed E-state index contributed by atoms with van der Waals surface area (Å²) >= 11 is 0. The molecule has 3 heterocycles. The van der Waals surface area contributed by atoms with Crippen LogP contribution in [0.4, 0.5) is 14.5 Å². The van der Waals surface area contributed by atoms with Crippen LogP contribution in [0.15, 0.2) is 24.3 Å². The highest BCUT2D eigenvalue weighted by molar-refractivity contribution is 5.81. The lowest BCUT2D eigenvalue weighted by molar-refractivity contribution is -0.132. The van der Waals surface area contributed by atoms with E-state index in [1.807, 2.05) is 0 Å². The van der Waals surface area contributed by atoms with E-state index in [0.717, 1.165) is 25.9 Å². The first kappa shape index (κ1) is 21.7. The van der Waals surface area contributed by atoms with Gasteiger partial charge in [0.2, 0.25) is 5.91 Å². The minimum absolute atomic E-state index is 0.0782. The van der Waals surface area contributed by atoms with Crippen LogP contribution >= 0.6 is 0 Å². The van der Waals surface area contributed by atoms with Gasteiger partial charge in [-0.1, -0.05) is 0 Å². The Hall–Kier alpha value is -2.52. The molecule has 9 nitrogen and oxygen atoms in total. The smallest absolute Gasteiger partial charge is 0.387 e. The second-order valence-electron chi connectivity index (χ2n) is 8.10. The van der Waals surface area contributed by atoms with Crippen molar-refractivity contribution in [3.05, 3.63) is 24.3 Å². The Morgan fingerprint density at radius 3 is 2.65 bits per heavy atom. The molecule has 0 bridgehead atoms. The quantitative estimate of drug-likeness (QED) is 0.445. The van der Waals surface area contributed by atoms with Gasteiger partial charge in [-0.3, -0.25) is 25.8 Å². The summed E-state index contributed by atoms with van der Waals surface area (Å²) in [5, 5.41) is 19.3. The van der Waals surface area contributed by atoms with E-state index in [9.17, 15) is 13.6 Å². The number of benzene rings is 1. The zero-order valence-corrected chi connectivity index (χ0v) is 17.0. The van der Waals surface area contributed by atoms with Gasteiger partial charge in [0.05, 0.1) is 18.2 Å². The van der Waals surface area contributed by atoms with Crippen LogP contribution in [0.3, 0.4) is 0 Å². The van der Waals surface area contributed by atoms with Crippen molar-refractivity contribution in [2.45, 2.75) is 44.4 Å². The maximum Gasteiger partial charge on any atom is 0.387 e. The average Bonchev–Trinajstić information content (AvgIpc) is 2.75. The maximum absolute atomic E-state index is 12.6. The molecule has 11 heteroatoms. The molecule has 4 atom stereocenters. The van der Waals surface area contributed by atoms with Crippen LogP contribution in [0, 0.1) is 23.2 Å². The molecule has 4 rings (SSSR count). The van der Waals surface area contributed by atoms with Crippen molar-refractivity contribution >= 4 is 11.6 Å². The minimum atomic E-state index is -2.87. The molecule has 0 aromatic heterocycles. The number of nitrogens with zero attached hydrogens (tertiary/aromatic N) is 2. The SMILES string of the molecule is N#CCC1CCN(C2NC3CNNC(=O)C3C(Nc3ccc(OC(F)F)cc3)N2)CC1. The van der Waals surface area contributed by atoms with Crippen molar-refractivity contribution in [1.29, 1.82) is 5.26 Å². The zero-order chi connectivity index (χ0) is 21.8. The fourth-order valence-corrected chi connectivity index (χ4v) is 4.51. The second kappa shape index (κ2) is 9.74. The molecule has 168 valence electrons. The van der Waals surface area contributed by atoms with E-state index in [-0.39, 0.29) is 36.1 Å². The molecular formula is C20H27F2N7O2. The lowest BCUT2D eigenvalue weighted by atomic mass is 9.90. The van der Waals surface area contributed by atoms with Gasteiger partial charge in [0.25, 0.3) is 0 Å². The number of anilines is 1. The predicted molar refractivity (Wildman–Crippen MR) is 108 cm³/mol. The number of hydrogen-bond donors (Lipinski definition) is 5. The van der Waals surface area contributed by atoms with E-state index in [2.05, 4.69) is 42.5 Å². The van der Waals surface area contributed by atoms with Gasteiger partial charge in [-0.2, -0.15) is 14.0 Å². The van der Waals surface area contributed by atoms with E-state index in [1.54, 1.807) is 12.1 Å². The highest BCUT2D eigenvalue weighted by Gasteiger charge is 2.45. The summed E-state index contributed by atoms with van der Waals surface area (Å²) in [7, 11) is 0. The third-order valence-corrected chi connectivity index (χ3v) is 6.13. The van der Waals surface area contributed by atoms with Gasteiger partial charge in [-0.05, 0) is 43.0 Å². The first-order valence-electron chi connectivity index (χ1n) is 10.5. The Bertz CT molecular complexity index is 796. The summed E-state index contributed by atoms with van der Waals surface area (Å²) < 4.78 is 29.2. The number of carbonyl (C=O) groups excluding carboxylic acids is 1. The number of nitriles is 1. The molecule has 3 fully saturated rings. The van der Waals surface area contributed by atoms with Gasteiger partial charge in [0.15, 0.2) is 0 Å². The number of hydrogen-bond acceptors (Lipinski definition) is 8. The minimum Gasteiger partial charge on any atom is -0.435 e. The van der Waals surface area contributed by atoms with E-state index in [4.69, 9.17) is 5.26 Å². The summed E-state index contributed by atoms with van der Waals surface area (Å²) in [6.45, 7) is -0.568. The molecule has 3 saturated heterocycles. The molecule has 3 aliphatic heterocycles. The van der Waals surface area contributed by atoms with Crippen molar-refractivity contribution in [2.24, 2.45) is 11.8 Å². The molecular weight excluding hydrogens is 408 g/mol. The van der Waals surface area contributed by atoms with Crippen molar-refractivity contribution in [2.75, 3.05) is 25.0 Å². The van der Waals surface area contributed by atoms with E-state index in [0.29, 0.717) is 24.6 Å². The number of halogens is 2. The van der Waals surface area contributed by atoms with Crippen molar-refractivity contribution < 1.29 is 18.3 Å². The number of alkyl halides is 2. The zero-order valence-electron chi connectivity index (χ0n) is 17.0. The lowest BCUT2D eigenvalue weighted by Gasteiger charge is -2.49. The summed E-state index contributed by atoms with van der Waals surface area (Å²) in [5.41, 5.74) is 6.31. The molecule has 0 aliphatic carbocycles. The van der Waals surface area contributed by atoms with E-state index in [1.165, 1.54) is 12.1 Å². The first-order valence-corrected chi connectivity index (χ1v) is 10.5. The lowest BCUT2D eigenvalue weighted by Crippen LogP contribution is -2.77. The Kier molecular flexibility index (Phi) is 6.82. The second-order valence-corrected chi connectivity index (χ2v) is 8.10. The van der Waals surface area contributed by atoms with Crippen molar-refractivity contribution in [1.82, 2.24) is 26.4 Å². The number of ether oxygens (including phenoxy) is 1. The van der Waals surface area contributed by atoms with Gasteiger partial charge in [0, 0.05) is 37.8 Å². The molecule has 1 amide bonds. The number of likely N-dealkylation sites (tertiary alicyclic amines) is 1. The van der Waals surface area contributed by atoms with Crippen molar-refractivity contribution in [3.63, 3.8) is 0 Å². The monoisotopic (exact) mass is 435 g/mol. The van der Waals surface area contributed by atoms with E-state index >= 15 is 0 Å². The molecule has 0 radical (unpaired) electrons. The fourth-order valence-electron chi connectivity index (χ4n) is 4.51. The van der Waals surface area contributed by atoms with Gasteiger partial charge < -0.3 is 10.1 Å².